The summed E-state index contributed by atoms with van der Waals surface area (Å²) in [5.74, 6) is -1.53. The standard InChI is InChI=1S/C21H23F3N2O2/c1-12(2)26-10-13-8-18-16(15-5-4-6-17(26)19(13)15)7-14(9-25(18)3)20(27)28-11-21(22,23)24/h4-7,10,12,14,18H,8-9,11H2,1-3H3/t14-,18-/m1/s1. The van der Waals surface area contributed by atoms with E-state index >= 15 is 0 Å². The topological polar surface area (TPSA) is 34.5 Å². The van der Waals surface area contributed by atoms with Crippen molar-refractivity contribution in [1.82, 2.24) is 9.47 Å². The molecule has 4 rings (SSSR count). The predicted octanol–water partition coefficient (Wildman–Crippen LogP) is 4.20. The van der Waals surface area contributed by atoms with Crippen molar-refractivity contribution >= 4 is 22.4 Å². The van der Waals surface area contributed by atoms with E-state index in [-0.39, 0.29) is 6.04 Å². The Bertz CT molecular complexity index is 958. The number of likely N-dealkylation sites (N-methyl/N-ethyl adjacent to an activating group) is 1. The van der Waals surface area contributed by atoms with Crippen molar-refractivity contribution in [1.29, 1.82) is 0 Å². The minimum atomic E-state index is -4.52. The Morgan fingerprint density at radius 1 is 1.32 bits per heavy atom. The molecule has 1 aliphatic heterocycles. The summed E-state index contributed by atoms with van der Waals surface area (Å²) in [6.45, 7) is 3.08. The first-order valence-corrected chi connectivity index (χ1v) is 9.44. The van der Waals surface area contributed by atoms with E-state index in [2.05, 4.69) is 35.4 Å². The minimum absolute atomic E-state index is 0.104. The van der Waals surface area contributed by atoms with Crippen molar-refractivity contribution in [2.75, 3.05) is 20.2 Å². The number of carbonyl (C=O) groups is 1. The van der Waals surface area contributed by atoms with Gasteiger partial charge in [0.05, 0.1) is 5.92 Å². The molecule has 0 spiro atoms. The molecule has 0 bridgehead atoms. The molecular formula is C21H23F3N2O2. The van der Waals surface area contributed by atoms with Gasteiger partial charge in [0, 0.05) is 35.7 Å². The summed E-state index contributed by atoms with van der Waals surface area (Å²) < 4.78 is 44.0. The number of fused-ring (bicyclic) bond motifs is 2. The molecule has 0 N–H and O–H groups in total. The zero-order chi connectivity index (χ0) is 20.2. The minimum Gasteiger partial charge on any atom is -0.456 e. The molecule has 2 aromatic rings. The van der Waals surface area contributed by atoms with E-state index in [9.17, 15) is 18.0 Å². The summed E-state index contributed by atoms with van der Waals surface area (Å²) in [7, 11) is 1.91. The van der Waals surface area contributed by atoms with Crippen LogP contribution in [0.25, 0.3) is 16.5 Å². The first-order chi connectivity index (χ1) is 13.2. The maximum absolute atomic E-state index is 12.4. The number of aromatic nitrogens is 1. The van der Waals surface area contributed by atoms with E-state index in [1.807, 2.05) is 30.2 Å². The van der Waals surface area contributed by atoms with Gasteiger partial charge in [-0.1, -0.05) is 18.2 Å². The lowest BCUT2D eigenvalue weighted by molar-refractivity contribution is -0.188. The van der Waals surface area contributed by atoms with Gasteiger partial charge in [-0.15, -0.1) is 0 Å². The molecule has 0 radical (unpaired) electrons. The molecular weight excluding hydrogens is 369 g/mol. The summed E-state index contributed by atoms with van der Waals surface area (Å²) in [5, 5.41) is 1.18. The highest BCUT2D eigenvalue weighted by Gasteiger charge is 2.38. The number of hydrogen-bond donors (Lipinski definition) is 0. The number of rotatable bonds is 3. The maximum Gasteiger partial charge on any atom is 0.422 e. The number of benzene rings is 1. The molecule has 1 aliphatic carbocycles. The number of alkyl halides is 3. The summed E-state index contributed by atoms with van der Waals surface area (Å²) in [6, 6.07) is 6.54. The van der Waals surface area contributed by atoms with Gasteiger partial charge in [0.1, 0.15) is 0 Å². The molecule has 0 unspecified atom stereocenters. The second kappa shape index (κ2) is 6.65. The van der Waals surface area contributed by atoms with Crippen LogP contribution in [0.15, 0.2) is 30.5 Å². The van der Waals surface area contributed by atoms with Crippen LogP contribution in [-0.4, -0.2) is 47.9 Å². The van der Waals surface area contributed by atoms with Crippen LogP contribution < -0.4 is 0 Å². The molecule has 150 valence electrons. The SMILES string of the molecule is CC(C)n1cc2c3c(cccc31)C1=C[C@@H](C(=O)OCC(F)(F)F)CN(C)[C@@H]1C2. The Kier molecular flexibility index (Phi) is 4.53. The fourth-order valence-electron chi connectivity index (χ4n) is 4.42. The molecule has 7 heteroatoms. The quantitative estimate of drug-likeness (QED) is 0.735. The molecule has 4 nitrogen and oxygen atoms in total. The molecule has 0 saturated carbocycles. The van der Waals surface area contributed by atoms with E-state index in [1.165, 1.54) is 10.9 Å². The second-order valence-corrected chi connectivity index (χ2v) is 7.97. The number of carbonyl (C=O) groups excluding carboxylic acids is 1. The second-order valence-electron chi connectivity index (χ2n) is 7.97. The monoisotopic (exact) mass is 392 g/mol. The van der Waals surface area contributed by atoms with E-state index in [0.717, 1.165) is 23.1 Å². The third-order valence-electron chi connectivity index (χ3n) is 5.65. The van der Waals surface area contributed by atoms with Crippen molar-refractivity contribution in [3.8, 4) is 0 Å². The van der Waals surface area contributed by atoms with Crippen molar-refractivity contribution in [2.45, 2.75) is 38.5 Å². The lowest BCUT2D eigenvalue weighted by Gasteiger charge is -2.39. The Hall–Kier alpha value is -2.28. The largest absolute Gasteiger partial charge is 0.456 e. The zero-order valence-corrected chi connectivity index (χ0v) is 16.1. The number of halogens is 3. The number of esters is 1. The van der Waals surface area contributed by atoms with Crippen LogP contribution in [0.4, 0.5) is 13.2 Å². The Balaban J connectivity index is 1.74. The molecule has 1 aromatic carbocycles. The fraction of sp³-hybridized carbons (Fsp3) is 0.476. The van der Waals surface area contributed by atoms with E-state index < -0.39 is 24.7 Å². The first kappa shape index (κ1) is 19.1. The van der Waals surface area contributed by atoms with Crippen LogP contribution in [0.1, 0.15) is 31.0 Å². The Morgan fingerprint density at radius 3 is 2.75 bits per heavy atom. The van der Waals surface area contributed by atoms with Gasteiger partial charge in [0.25, 0.3) is 0 Å². The number of nitrogens with zero attached hydrogens (tertiary/aromatic N) is 2. The van der Waals surface area contributed by atoms with Crippen LogP contribution in [0, 0.1) is 5.92 Å². The van der Waals surface area contributed by atoms with Crippen LogP contribution in [-0.2, 0) is 16.0 Å². The zero-order valence-electron chi connectivity index (χ0n) is 16.1. The molecule has 0 saturated heterocycles. The van der Waals surface area contributed by atoms with E-state index in [1.54, 1.807) is 0 Å². The maximum atomic E-state index is 12.4. The van der Waals surface area contributed by atoms with Crippen molar-refractivity contribution < 1.29 is 22.7 Å². The van der Waals surface area contributed by atoms with Crippen molar-refractivity contribution in [3.05, 3.63) is 41.6 Å². The molecule has 1 aromatic heterocycles. The van der Waals surface area contributed by atoms with Gasteiger partial charge in [-0.3, -0.25) is 9.69 Å². The van der Waals surface area contributed by atoms with Crippen molar-refractivity contribution in [2.24, 2.45) is 5.92 Å². The molecule has 2 aliphatic rings. The highest BCUT2D eigenvalue weighted by Crippen LogP contribution is 2.42. The van der Waals surface area contributed by atoms with Crippen LogP contribution in [0.5, 0.6) is 0 Å². The van der Waals surface area contributed by atoms with Gasteiger partial charge in [0.2, 0.25) is 0 Å². The molecule has 2 heterocycles. The van der Waals surface area contributed by atoms with Gasteiger partial charge in [-0.2, -0.15) is 13.2 Å². The third-order valence-corrected chi connectivity index (χ3v) is 5.65. The van der Waals surface area contributed by atoms with E-state index in [0.29, 0.717) is 12.6 Å². The van der Waals surface area contributed by atoms with Gasteiger partial charge in [0.15, 0.2) is 6.61 Å². The lowest BCUT2D eigenvalue weighted by atomic mass is 9.80. The van der Waals surface area contributed by atoms with Crippen LogP contribution >= 0.6 is 0 Å². The molecule has 2 atom stereocenters. The predicted molar refractivity (Wildman–Crippen MR) is 101 cm³/mol. The summed E-state index contributed by atoms with van der Waals surface area (Å²) in [6.07, 6.45) is 0.317. The van der Waals surface area contributed by atoms with Gasteiger partial charge >= 0.3 is 12.1 Å². The lowest BCUT2D eigenvalue weighted by Crippen LogP contribution is -2.44. The average Bonchev–Trinajstić information content (AvgIpc) is 3.00. The van der Waals surface area contributed by atoms with Crippen LogP contribution in [0.2, 0.25) is 0 Å². The summed E-state index contributed by atoms with van der Waals surface area (Å²) >= 11 is 0. The highest BCUT2D eigenvalue weighted by molar-refractivity contribution is 5.99. The molecule has 0 fully saturated rings. The number of hydrogen-bond acceptors (Lipinski definition) is 3. The summed E-state index contributed by atoms with van der Waals surface area (Å²) in [5.41, 5.74) is 4.48. The molecule has 0 amide bonds. The van der Waals surface area contributed by atoms with Gasteiger partial charge in [-0.25, -0.2) is 0 Å². The number of ether oxygens (including phenoxy) is 1. The molecule has 28 heavy (non-hydrogen) atoms. The fourth-order valence-corrected chi connectivity index (χ4v) is 4.42. The normalized spacial score (nSPS) is 22.3. The van der Waals surface area contributed by atoms with Gasteiger partial charge in [-0.05, 0) is 50.1 Å². The Labute approximate surface area is 161 Å². The third kappa shape index (κ3) is 3.21. The highest BCUT2D eigenvalue weighted by atomic mass is 19.4. The Morgan fingerprint density at radius 2 is 2.07 bits per heavy atom. The van der Waals surface area contributed by atoms with E-state index in [4.69, 9.17) is 0 Å². The van der Waals surface area contributed by atoms with Crippen LogP contribution in [0.3, 0.4) is 0 Å². The van der Waals surface area contributed by atoms with Gasteiger partial charge < -0.3 is 9.30 Å². The average molecular weight is 392 g/mol. The first-order valence-electron chi connectivity index (χ1n) is 9.44. The smallest absolute Gasteiger partial charge is 0.422 e. The van der Waals surface area contributed by atoms with Crippen molar-refractivity contribution in [3.63, 3.8) is 0 Å². The summed E-state index contributed by atoms with van der Waals surface area (Å²) in [4.78, 5) is 14.3.